The molecule has 1 aromatic rings. The lowest BCUT2D eigenvalue weighted by molar-refractivity contribution is 0.222. The van der Waals surface area contributed by atoms with Gasteiger partial charge in [0.05, 0.1) is 5.71 Å². The number of hydrogen-bond donors (Lipinski definition) is 1. The molecule has 1 fully saturated rings. The third-order valence-electron chi connectivity index (χ3n) is 4.83. The highest BCUT2D eigenvalue weighted by Crippen LogP contribution is 2.43. The Bertz CT molecular complexity index is 654. The van der Waals surface area contributed by atoms with E-state index in [0.717, 1.165) is 24.1 Å². The van der Waals surface area contributed by atoms with E-state index in [4.69, 9.17) is 5.73 Å². The van der Waals surface area contributed by atoms with Crippen molar-refractivity contribution in [2.75, 3.05) is 0 Å². The summed E-state index contributed by atoms with van der Waals surface area (Å²) < 4.78 is 0. The van der Waals surface area contributed by atoms with E-state index < -0.39 is 6.03 Å². The predicted octanol–water partition coefficient (Wildman–Crippen LogP) is 3.87. The molecule has 1 heterocycles. The van der Waals surface area contributed by atoms with Gasteiger partial charge < -0.3 is 5.73 Å². The number of hydrazone groups is 1. The minimum Gasteiger partial charge on any atom is -0.350 e. The summed E-state index contributed by atoms with van der Waals surface area (Å²) in [5.41, 5.74) is 9.89. The van der Waals surface area contributed by atoms with Crippen LogP contribution in [0.25, 0.3) is 0 Å². The normalized spacial score (nSPS) is 20.1. The van der Waals surface area contributed by atoms with Crippen LogP contribution in [0.1, 0.15) is 48.8 Å². The van der Waals surface area contributed by atoms with Crippen LogP contribution in [0.3, 0.4) is 0 Å². The summed E-state index contributed by atoms with van der Waals surface area (Å²) in [4.78, 5) is 11.5. The molecule has 3 rings (SSSR count). The van der Waals surface area contributed by atoms with Crippen molar-refractivity contribution in [2.24, 2.45) is 16.3 Å². The Morgan fingerprint density at radius 1 is 1.23 bits per heavy atom. The fourth-order valence-corrected chi connectivity index (χ4v) is 3.55. The van der Waals surface area contributed by atoms with E-state index in [1.54, 1.807) is 6.20 Å². The first-order valence-corrected chi connectivity index (χ1v) is 7.97. The van der Waals surface area contributed by atoms with Crippen molar-refractivity contribution < 1.29 is 4.79 Å². The maximum Gasteiger partial charge on any atom is 0.339 e. The molecule has 0 radical (unpaired) electrons. The maximum atomic E-state index is 11.5. The van der Waals surface area contributed by atoms with E-state index in [1.807, 2.05) is 0 Å². The van der Waals surface area contributed by atoms with Crippen molar-refractivity contribution in [2.45, 2.75) is 46.0 Å². The summed E-state index contributed by atoms with van der Waals surface area (Å²) in [7, 11) is 0. The molecule has 2 N–H and O–H groups in total. The molecule has 1 spiro atoms. The number of hydrogen-bond acceptors (Lipinski definition) is 2. The number of amides is 2. The van der Waals surface area contributed by atoms with E-state index in [9.17, 15) is 4.79 Å². The van der Waals surface area contributed by atoms with Crippen LogP contribution in [0.15, 0.2) is 35.6 Å². The number of urea groups is 1. The zero-order valence-electron chi connectivity index (χ0n) is 13.3. The van der Waals surface area contributed by atoms with Gasteiger partial charge in [0, 0.05) is 17.2 Å². The first kappa shape index (κ1) is 14.8. The molecule has 1 saturated carbocycles. The Kier molecular flexibility index (Phi) is 3.77. The van der Waals surface area contributed by atoms with Crippen molar-refractivity contribution >= 4 is 11.7 Å². The standard InChI is InChI=1S/C18H23N3O/c1-13-6-7-14(2)15(12-13)16-18(8-4-3-5-9-18)10-11-21(20-16)17(19)22/h6-7,10-12H,3-5,8-9H2,1-2H3,(H2,19,22). The van der Waals surface area contributed by atoms with Crippen molar-refractivity contribution in [3.63, 3.8) is 0 Å². The van der Waals surface area contributed by atoms with Crippen LogP contribution in [0, 0.1) is 19.3 Å². The molecule has 1 aromatic carbocycles. The van der Waals surface area contributed by atoms with Gasteiger partial charge in [-0.25, -0.2) is 4.79 Å². The molecule has 2 aliphatic rings. The lowest BCUT2D eigenvalue weighted by Crippen LogP contribution is -2.40. The third-order valence-corrected chi connectivity index (χ3v) is 4.83. The molecule has 4 heteroatoms. The molecular weight excluding hydrogens is 274 g/mol. The van der Waals surface area contributed by atoms with Crippen LogP contribution in [0.4, 0.5) is 4.79 Å². The van der Waals surface area contributed by atoms with Gasteiger partial charge in [0.1, 0.15) is 0 Å². The number of benzene rings is 1. The summed E-state index contributed by atoms with van der Waals surface area (Å²) in [6, 6.07) is 5.86. The SMILES string of the molecule is Cc1ccc(C)c(C2=NN(C(N)=O)C=CC23CCCCC3)c1. The van der Waals surface area contributed by atoms with Crippen molar-refractivity contribution in [1.29, 1.82) is 0 Å². The summed E-state index contributed by atoms with van der Waals surface area (Å²) >= 11 is 0. The molecular formula is C18H23N3O. The smallest absolute Gasteiger partial charge is 0.339 e. The molecule has 2 amide bonds. The van der Waals surface area contributed by atoms with E-state index in [-0.39, 0.29) is 5.41 Å². The van der Waals surface area contributed by atoms with Gasteiger partial charge in [-0.05, 0) is 38.3 Å². The Labute approximate surface area is 131 Å². The van der Waals surface area contributed by atoms with Gasteiger partial charge in [-0.3, -0.25) is 0 Å². The van der Waals surface area contributed by atoms with Gasteiger partial charge in [0.25, 0.3) is 0 Å². The van der Waals surface area contributed by atoms with Gasteiger partial charge in [-0.2, -0.15) is 10.1 Å². The van der Waals surface area contributed by atoms with Gasteiger partial charge in [0.15, 0.2) is 0 Å². The molecule has 0 unspecified atom stereocenters. The highest BCUT2D eigenvalue weighted by atomic mass is 16.2. The van der Waals surface area contributed by atoms with E-state index >= 15 is 0 Å². The topological polar surface area (TPSA) is 58.7 Å². The van der Waals surface area contributed by atoms with Crippen LogP contribution in [-0.2, 0) is 0 Å². The number of aryl methyl sites for hydroxylation is 2. The van der Waals surface area contributed by atoms with Crippen LogP contribution in [-0.4, -0.2) is 16.8 Å². The molecule has 4 nitrogen and oxygen atoms in total. The number of carbonyl (C=O) groups is 1. The van der Waals surface area contributed by atoms with Gasteiger partial charge >= 0.3 is 6.03 Å². The summed E-state index contributed by atoms with van der Waals surface area (Å²) in [5.74, 6) is 0. The predicted molar refractivity (Wildman–Crippen MR) is 88.5 cm³/mol. The fraction of sp³-hybridized carbons (Fsp3) is 0.444. The number of primary amides is 1. The number of nitrogens with two attached hydrogens (primary N) is 1. The molecule has 0 saturated heterocycles. The molecule has 1 aliphatic heterocycles. The van der Waals surface area contributed by atoms with Crippen LogP contribution in [0.2, 0.25) is 0 Å². The van der Waals surface area contributed by atoms with Gasteiger partial charge in [-0.1, -0.05) is 43.0 Å². The van der Waals surface area contributed by atoms with E-state index in [2.05, 4.69) is 43.2 Å². The summed E-state index contributed by atoms with van der Waals surface area (Å²) in [6.07, 6.45) is 9.72. The molecule has 0 bridgehead atoms. The zero-order chi connectivity index (χ0) is 15.7. The van der Waals surface area contributed by atoms with Crippen LogP contribution in [0.5, 0.6) is 0 Å². The average molecular weight is 297 g/mol. The number of rotatable bonds is 1. The van der Waals surface area contributed by atoms with Crippen molar-refractivity contribution in [1.82, 2.24) is 5.01 Å². The molecule has 0 atom stereocenters. The lowest BCUT2D eigenvalue weighted by Gasteiger charge is -2.39. The largest absolute Gasteiger partial charge is 0.350 e. The molecule has 1 aliphatic carbocycles. The average Bonchev–Trinajstić information content (AvgIpc) is 2.51. The van der Waals surface area contributed by atoms with Crippen LogP contribution < -0.4 is 5.73 Å². The lowest BCUT2D eigenvalue weighted by atomic mass is 9.68. The Morgan fingerprint density at radius 2 is 1.95 bits per heavy atom. The number of nitrogens with zero attached hydrogens (tertiary/aromatic N) is 2. The maximum absolute atomic E-state index is 11.5. The first-order chi connectivity index (χ1) is 10.5. The third kappa shape index (κ3) is 2.54. The number of allylic oxidation sites excluding steroid dienone is 1. The molecule has 22 heavy (non-hydrogen) atoms. The first-order valence-electron chi connectivity index (χ1n) is 7.97. The monoisotopic (exact) mass is 297 g/mol. The highest BCUT2D eigenvalue weighted by molar-refractivity contribution is 6.08. The van der Waals surface area contributed by atoms with Crippen molar-refractivity contribution in [3.8, 4) is 0 Å². The number of carbonyl (C=O) groups excluding carboxylic acids is 1. The fourth-order valence-electron chi connectivity index (χ4n) is 3.55. The second-order valence-electron chi connectivity index (χ2n) is 6.48. The van der Waals surface area contributed by atoms with Crippen molar-refractivity contribution in [3.05, 3.63) is 47.2 Å². The summed E-state index contributed by atoms with van der Waals surface area (Å²) in [6.45, 7) is 4.18. The quantitative estimate of drug-likeness (QED) is 0.840. The second-order valence-corrected chi connectivity index (χ2v) is 6.48. The Balaban J connectivity index is 2.12. The minimum atomic E-state index is -0.537. The van der Waals surface area contributed by atoms with E-state index in [1.165, 1.54) is 35.4 Å². The Hall–Kier alpha value is -2.10. The second kappa shape index (κ2) is 5.59. The van der Waals surface area contributed by atoms with E-state index in [0.29, 0.717) is 0 Å². The molecule has 116 valence electrons. The van der Waals surface area contributed by atoms with Gasteiger partial charge in [0.2, 0.25) is 0 Å². The highest BCUT2D eigenvalue weighted by Gasteiger charge is 2.39. The minimum absolute atomic E-state index is 0.0528. The zero-order valence-corrected chi connectivity index (χ0v) is 13.3. The van der Waals surface area contributed by atoms with Gasteiger partial charge in [-0.15, -0.1) is 0 Å². The van der Waals surface area contributed by atoms with Crippen LogP contribution >= 0.6 is 0 Å². The Morgan fingerprint density at radius 3 is 2.64 bits per heavy atom. The molecule has 0 aromatic heterocycles. The summed E-state index contributed by atoms with van der Waals surface area (Å²) in [5, 5.41) is 5.88.